The van der Waals surface area contributed by atoms with Crippen LogP contribution >= 0.6 is 24.1 Å². The third-order valence-electron chi connectivity index (χ3n) is 8.08. The monoisotopic (exact) mass is 885 g/mol. The van der Waals surface area contributed by atoms with Gasteiger partial charge in [-0.3, -0.25) is 9.11 Å². The van der Waals surface area contributed by atoms with Gasteiger partial charge in [0.05, 0.1) is 64.5 Å². The van der Waals surface area contributed by atoms with Gasteiger partial charge in [0.15, 0.2) is 5.75 Å². The van der Waals surface area contributed by atoms with Crippen molar-refractivity contribution in [1.29, 1.82) is 0 Å². The van der Waals surface area contributed by atoms with Crippen LogP contribution < -0.4 is 10.5 Å². The van der Waals surface area contributed by atoms with Crippen LogP contribution in [0.1, 0.15) is 5.56 Å². The van der Waals surface area contributed by atoms with E-state index in [4.69, 9.17) is 21.0 Å². The lowest BCUT2D eigenvalue weighted by molar-refractivity contribution is -0.432. The number of phenolic OH excluding ortho intramolecular Hbond substituents is 1. The molecule has 0 aromatic heterocycles. The summed E-state index contributed by atoms with van der Waals surface area (Å²) in [5, 5.41) is 61.7. The standard InChI is InChI=1S/C34H27N7O14S4/c1-17-9-20(38-41-33-30(57-55-53-44)12-19-13-32(59(48,49)50)26(35)16-25(19)34(33)42)4-7-27(17)39-40-28-8-5-22(14-29(28)51-2)37-36-21-3-6-24-18(10-21)11-23(56-54-52-43)15-31(24)58(45,46)47/h3-16,42-44H,35H2,1-2H3,(H,45,46,47)(H,48,49,50). The molecule has 0 aliphatic rings. The predicted molar refractivity (Wildman–Crippen MR) is 212 cm³/mol. The van der Waals surface area contributed by atoms with Gasteiger partial charge < -0.3 is 15.6 Å². The molecule has 0 saturated carbocycles. The topological polar surface area (TPSA) is 316 Å². The molecule has 0 saturated heterocycles. The number of azo groups is 3. The molecule has 6 aromatic rings. The van der Waals surface area contributed by atoms with Gasteiger partial charge in [-0.15, -0.1) is 18.9 Å². The minimum absolute atomic E-state index is 0.0452. The molecule has 0 unspecified atom stereocenters. The lowest BCUT2D eigenvalue weighted by atomic mass is 10.1. The smallest absolute Gasteiger partial charge is 0.296 e. The highest BCUT2D eigenvalue weighted by molar-refractivity contribution is 7.95. The molecule has 0 aliphatic carbocycles. The summed E-state index contributed by atoms with van der Waals surface area (Å²) in [6.45, 7) is 1.75. The van der Waals surface area contributed by atoms with Gasteiger partial charge in [0, 0.05) is 21.7 Å². The van der Waals surface area contributed by atoms with Crippen molar-refractivity contribution >= 4 is 106 Å². The Labute approximate surface area is 341 Å². The van der Waals surface area contributed by atoms with E-state index in [2.05, 4.69) is 49.4 Å². The van der Waals surface area contributed by atoms with Crippen molar-refractivity contribution in [3.05, 3.63) is 90.5 Å². The number of hydrogen-bond acceptors (Lipinski definition) is 21. The van der Waals surface area contributed by atoms with Crippen molar-refractivity contribution in [3.63, 3.8) is 0 Å². The number of rotatable bonds is 15. The molecule has 0 bridgehead atoms. The van der Waals surface area contributed by atoms with Crippen LogP contribution in [0.25, 0.3) is 21.5 Å². The second kappa shape index (κ2) is 18.1. The maximum atomic E-state index is 12.0. The van der Waals surface area contributed by atoms with Crippen LogP contribution in [-0.2, 0) is 39.0 Å². The number of anilines is 1. The molecule has 6 aromatic carbocycles. The van der Waals surface area contributed by atoms with Crippen LogP contribution in [0.2, 0.25) is 0 Å². The van der Waals surface area contributed by atoms with Crippen LogP contribution in [0.3, 0.4) is 0 Å². The van der Waals surface area contributed by atoms with E-state index in [1.807, 2.05) is 0 Å². The number of nitrogens with two attached hydrogens (primary N) is 1. The van der Waals surface area contributed by atoms with Gasteiger partial charge in [0.25, 0.3) is 20.2 Å². The van der Waals surface area contributed by atoms with E-state index < -0.39 is 35.8 Å². The summed E-state index contributed by atoms with van der Waals surface area (Å²) in [7, 11) is -7.87. The van der Waals surface area contributed by atoms with E-state index in [0.717, 1.165) is 18.2 Å². The number of benzene rings is 6. The van der Waals surface area contributed by atoms with Crippen LogP contribution in [0, 0.1) is 6.92 Å². The zero-order valence-electron chi connectivity index (χ0n) is 29.9. The summed E-state index contributed by atoms with van der Waals surface area (Å²) in [4.78, 5) is -0.729. The van der Waals surface area contributed by atoms with Gasteiger partial charge in [0.2, 0.25) is 0 Å². The first kappa shape index (κ1) is 42.9. The first-order chi connectivity index (χ1) is 28.1. The maximum absolute atomic E-state index is 12.0. The van der Waals surface area contributed by atoms with Gasteiger partial charge in [0.1, 0.15) is 26.9 Å². The quantitative estimate of drug-likeness (QED) is 0.0139. The number of methoxy groups -OCH3 is 1. The van der Waals surface area contributed by atoms with Crippen LogP contribution in [0.5, 0.6) is 11.5 Å². The van der Waals surface area contributed by atoms with Gasteiger partial charge in [-0.25, -0.2) is 10.5 Å². The molecule has 0 aliphatic heterocycles. The number of nitrogens with zero attached hydrogens (tertiary/aromatic N) is 6. The number of nitrogen functional groups attached to an aromatic ring is 1. The lowest BCUT2D eigenvalue weighted by Gasteiger charge is -2.11. The zero-order chi connectivity index (χ0) is 42.5. The van der Waals surface area contributed by atoms with Crippen molar-refractivity contribution in [2.45, 2.75) is 26.5 Å². The van der Waals surface area contributed by atoms with E-state index >= 15 is 0 Å². The van der Waals surface area contributed by atoms with E-state index in [-0.39, 0.29) is 37.3 Å². The Morgan fingerprint density at radius 3 is 1.88 bits per heavy atom. The van der Waals surface area contributed by atoms with Crippen LogP contribution in [-0.4, -0.2) is 48.7 Å². The van der Waals surface area contributed by atoms with Gasteiger partial charge in [-0.1, -0.05) is 16.1 Å². The summed E-state index contributed by atoms with van der Waals surface area (Å²) in [6.07, 6.45) is 0. The lowest BCUT2D eigenvalue weighted by Crippen LogP contribution is -2.03. The normalized spacial score (nSPS) is 12.5. The Kier molecular flexibility index (Phi) is 13.1. The molecule has 7 N–H and O–H groups in total. The highest BCUT2D eigenvalue weighted by Crippen LogP contribution is 2.46. The number of ether oxygens (including phenoxy) is 1. The average molecular weight is 886 g/mol. The fraction of sp³-hybridized carbons (Fsp3) is 0.0588. The summed E-state index contributed by atoms with van der Waals surface area (Å²) in [5.41, 5.74) is 7.84. The fourth-order valence-electron chi connectivity index (χ4n) is 5.46. The molecule has 0 amide bonds. The van der Waals surface area contributed by atoms with Crippen molar-refractivity contribution in [3.8, 4) is 11.5 Å². The summed E-state index contributed by atoms with van der Waals surface area (Å²) in [5.74, 6) is -0.151. The van der Waals surface area contributed by atoms with Crippen molar-refractivity contribution in [2.24, 2.45) is 30.7 Å². The Morgan fingerprint density at radius 2 is 1.22 bits per heavy atom. The second-order valence-electron chi connectivity index (χ2n) is 11.8. The Morgan fingerprint density at radius 1 is 0.627 bits per heavy atom. The Balaban J connectivity index is 1.21. The average Bonchev–Trinajstić information content (AvgIpc) is 3.19. The van der Waals surface area contributed by atoms with E-state index in [0.29, 0.717) is 69.2 Å². The van der Waals surface area contributed by atoms with Crippen molar-refractivity contribution in [2.75, 3.05) is 12.8 Å². The molecular formula is C34H27N7O14S4. The molecule has 0 atom stereocenters. The molecule has 306 valence electrons. The van der Waals surface area contributed by atoms with Crippen LogP contribution in [0.4, 0.5) is 39.8 Å². The molecule has 21 nitrogen and oxygen atoms in total. The van der Waals surface area contributed by atoms with Gasteiger partial charge >= 0.3 is 0 Å². The minimum Gasteiger partial charge on any atom is -0.505 e. The minimum atomic E-state index is -4.69. The summed E-state index contributed by atoms with van der Waals surface area (Å²) in [6, 6.07) is 20.3. The van der Waals surface area contributed by atoms with Crippen molar-refractivity contribution in [1.82, 2.24) is 0 Å². The highest BCUT2D eigenvalue weighted by Gasteiger charge is 2.21. The number of phenols is 1. The molecule has 0 heterocycles. The number of aromatic hydroxyl groups is 1. The Hall–Kier alpha value is -5.68. The molecule has 59 heavy (non-hydrogen) atoms. The third-order valence-corrected chi connectivity index (χ3v) is 11.1. The van der Waals surface area contributed by atoms with Gasteiger partial charge in [-0.2, -0.15) is 37.3 Å². The first-order valence-electron chi connectivity index (χ1n) is 16.0. The molecule has 0 spiro atoms. The second-order valence-corrected chi connectivity index (χ2v) is 16.1. The fourth-order valence-corrected chi connectivity index (χ4v) is 7.85. The van der Waals surface area contributed by atoms with Gasteiger partial charge in [-0.05, 0) is 96.1 Å². The zero-order valence-corrected chi connectivity index (χ0v) is 33.2. The largest absolute Gasteiger partial charge is 0.505 e. The molecule has 6 rings (SSSR count). The Bertz CT molecular complexity index is 2920. The van der Waals surface area contributed by atoms with E-state index in [9.17, 15) is 31.0 Å². The van der Waals surface area contributed by atoms with E-state index in [1.165, 1.54) is 37.4 Å². The predicted octanol–water partition coefficient (Wildman–Crippen LogP) is 10.2. The number of fused-ring (bicyclic) bond motifs is 2. The molecule has 25 heteroatoms. The van der Waals surface area contributed by atoms with Crippen LogP contribution in [0.15, 0.2) is 135 Å². The third kappa shape index (κ3) is 10.1. The maximum Gasteiger partial charge on any atom is 0.296 e. The molecular weight excluding hydrogens is 859 g/mol. The number of hydrogen-bond donors (Lipinski definition) is 6. The number of aryl methyl sites for hydroxylation is 1. The van der Waals surface area contributed by atoms with Crippen molar-refractivity contribution < 1.29 is 65.0 Å². The first-order valence-corrected chi connectivity index (χ1v) is 20.4. The molecule has 0 fully saturated rings. The SMILES string of the molecule is COc1cc(N=Nc2ccc3c(S(=O)(=O)O)cc(SOOO)cc3c2)ccc1N=Nc1ccc(N=Nc2c(SOOO)cc3cc(S(=O)(=O)O)c(N)cc3c2O)cc1C. The highest BCUT2D eigenvalue weighted by atomic mass is 32.2. The summed E-state index contributed by atoms with van der Waals surface area (Å²) >= 11 is 0.947. The van der Waals surface area contributed by atoms with E-state index in [1.54, 1.807) is 43.3 Å². The molecule has 0 radical (unpaired) electrons. The summed E-state index contributed by atoms with van der Waals surface area (Å²) < 4.78 is 81.2.